The first-order chi connectivity index (χ1) is 13.7. The SMILES string of the molecule is Brc1ccc2c(c1)-c1cc(Br)ccc1C2.c1ccc2c(c1)Cc1ccccc1-2. The predicted molar refractivity (Wildman–Crippen MR) is 125 cm³/mol. The Morgan fingerprint density at radius 2 is 0.821 bits per heavy atom. The Labute approximate surface area is 182 Å². The molecule has 0 nitrogen and oxygen atoms in total. The van der Waals surface area contributed by atoms with Gasteiger partial charge in [0, 0.05) is 8.95 Å². The maximum absolute atomic E-state index is 3.52. The molecule has 0 fully saturated rings. The van der Waals surface area contributed by atoms with Gasteiger partial charge >= 0.3 is 0 Å². The molecule has 0 N–H and O–H groups in total. The smallest absolute Gasteiger partial charge is 0.0181 e. The Morgan fingerprint density at radius 3 is 1.29 bits per heavy atom. The maximum atomic E-state index is 3.52. The van der Waals surface area contributed by atoms with Crippen molar-refractivity contribution >= 4 is 31.9 Å². The van der Waals surface area contributed by atoms with Crippen LogP contribution in [0, 0.1) is 0 Å². The summed E-state index contributed by atoms with van der Waals surface area (Å²) >= 11 is 7.05. The Bertz CT molecular complexity index is 1100. The van der Waals surface area contributed by atoms with Crippen molar-refractivity contribution in [3.8, 4) is 22.3 Å². The zero-order chi connectivity index (χ0) is 19.1. The molecule has 0 heterocycles. The second-order valence-electron chi connectivity index (χ2n) is 7.27. The van der Waals surface area contributed by atoms with Gasteiger partial charge < -0.3 is 0 Å². The van der Waals surface area contributed by atoms with Crippen LogP contribution in [0.3, 0.4) is 0 Å². The molecule has 4 aromatic rings. The largest absolute Gasteiger partial charge is 0.0619 e. The van der Waals surface area contributed by atoms with Gasteiger partial charge in [0.1, 0.15) is 0 Å². The molecule has 0 radical (unpaired) electrons. The lowest BCUT2D eigenvalue weighted by molar-refractivity contribution is 1.26. The summed E-state index contributed by atoms with van der Waals surface area (Å²) in [5, 5.41) is 0. The molecule has 6 rings (SSSR count). The van der Waals surface area contributed by atoms with Gasteiger partial charge in [-0.05, 0) is 81.6 Å². The minimum atomic E-state index is 1.06. The second-order valence-corrected chi connectivity index (χ2v) is 9.10. The molecule has 4 aromatic carbocycles. The lowest BCUT2D eigenvalue weighted by Crippen LogP contribution is -1.78. The summed E-state index contributed by atoms with van der Waals surface area (Å²) in [4.78, 5) is 0. The molecule has 2 aliphatic carbocycles. The second kappa shape index (κ2) is 7.35. The van der Waals surface area contributed by atoms with E-state index in [1.807, 2.05) is 0 Å². The Hall–Kier alpha value is -2.16. The van der Waals surface area contributed by atoms with Crippen LogP contribution >= 0.6 is 31.9 Å². The third-order valence-electron chi connectivity index (χ3n) is 5.52. The first kappa shape index (κ1) is 17.9. The highest BCUT2D eigenvalue weighted by Crippen LogP contribution is 2.39. The van der Waals surface area contributed by atoms with Gasteiger partial charge in [0.25, 0.3) is 0 Å². The van der Waals surface area contributed by atoms with Gasteiger partial charge in [0.15, 0.2) is 0 Å². The topological polar surface area (TPSA) is 0 Å². The summed E-state index contributed by atoms with van der Waals surface area (Å²) in [6.07, 6.45) is 2.16. The van der Waals surface area contributed by atoms with Crippen LogP contribution in [-0.2, 0) is 12.8 Å². The van der Waals surface area contributed by atoms with Crippen LogP contribution in [0.25, 0.3) is 22.3 Å². The quantitative estimate of drug-likeness (QED) is 0.202. The van der Waals surface area contributed by atoms with Crippen molar-refractivity contribution < 1.29 is 0 Å². The van der Waals surface area contributed by atoms with Crippen LogP contribution < -0.4 is 0 Å². The number of benzene rings is 4. The van der Waals surface area contributed by atoms with E-state index in [0.29, 0.717) is 0 Å². The standard InChI is InChI=1S/C13H8Br2.C13H10/c14-10-3-1-8-5-9-2-4-11(15)7-13(9)12(8)6-10;1-3-7-12-10(5-1)9-11-6-2-4-8-13(11)12/h1-4,6-7H,5H2;1-8H,9H2. The summed E-state index contributed by atoms with van der Waals surface area (Å²) < 4.78 is 2.29. The molecular formula is C26H18Br2. The Morgan fingerprint density at radius 1 is 0.429 bits per heavy atom. The molecule has 0 aromatic heterocycles. The molecule has 2 heteroatoms. The van der Waals surface area contributed by atoms with Gasteiger partial charge in [0.05, 0.1) is 0 Å². The minimum Gasteiger partial charge on any atom is -0.0619 e. The van der Waals surface area contributed by atoms with E-state index in [0.717, 1.165) is 21.8 Å². The zero-order valence-electron chi connectivity index (χ0n) is 15.3. The molecule has 0 bridgehead atoms. The van der Waals surface area contributed by atoms with Crippen LogP contribution in [0.4, 0.5) is 0 Å². The lowest BCUT2D eigenvalue weighted by Gasteiger charge is -2.01. The Kier molecular flexibility index (Phi) is 4.70. The van der Waals surface area contributed by atoms with Gasteiger partial charge in [-0.15, -0.1) is 0 Å². The monoisotopic (exact) mass is 488 g/mol. The third-order valence-corrected chi connectivity index (χ3v) is 6.51. The van der Waals surface area contributed by atoms with Crippen LogP contribution in [0.2, 0.25) is 0 Å². The minimum absolute atomic E-state index is 1.06. The van der Waals surface area contributed by atoms with E-state index in [1.54, 1.807) is 0 Å². The van der Waals surface area contributed by atoms with Gasteiger partial charge in [-0.3, -0.25) is 0 Å². The number of hydrogen-bond acceptors (Lipinski definition) is 0. The highest BCUT2D eigenvalue weighted by atomic mass is 79.9. The van der Waals surface area contributed by atoms with Gasteiger partial charge in [-0.25, -0.2) is 0 Å². The number of rotatable bonds is 0. The predicted octanol–water partition coefficient (Wildman–Crippen LogP) is 8.04. The van der Waals surface area contributed by atoms with Gasteiger partial charge in [0.2, 0.25) is 0 Å². The highest BCUT2D eigenvalue weighted by molar-refractivity contribution is 9.10. The van der Waals surface area contributed by atoms with Crippen LogP contribution in [0.5, 0.6) is 0 Å². The van der Waals surface area contributed by atoms with E-state index < -0.39 is 0 Å². The van der Waals surface area contributed by atoms with E-state index >= 15 is 0 Å². The van der Waals surface area contributed by atoms with E-state index in [-0.39, 0.29) is 0 Å². The van der Waals surface area contributed by atoms with E-state index in [2.05, 4.69) is 117 Å². The first-order valence-corrected chi connectivity index (χ1v) is 11.0. The molecule has 0 aliphatic heterocycles. The van der Waals surface area contributed by atoms with Crippen molar-refractivity contribution in [2.75, 3.05) is 0 Å². The van der Waals surface area contributed by atoms with Crippen molar-refractivity contribution in [2.45, 2.75) is 12.8 Å². The highest BCUT2D eigenvalue weighted by Gasteiger charge is 2.18. The van der Waals surface area contributed by atoms with Crippen molar-refractivity contribution in [3.63, 3.8) is 0 Å². The van der Waals surface area contributed by atoms with Crippen molar-refractivity contribution in [1.82, 2.24) is 0 Å². The van der Waals surface area contributed by atoms with E-state index in [4.69, 9.17) is 0 Å². The zero-order valence-corrected chi connectivity index (χ0v) is 18.4. The number of fused-ring (bicyclic) bond motifs is 6. The maximum Gasteiger partial charge on any atom is 0.0181 e. The summed E-state index contributed by atoms with van der Waals surface area (Å²) in [6.45, 7) is 0. The summed E-state index contributed by atoms with van der Waals surface area (Å²) in [7, 11) is 0. The van der Waals surface area contributed by atoms with Crippen molar-refractivity contribution in [2.24, 2.45) is 0 Å². The summed E-state index contributed by atoms with van der Waals surface area (Å²) in [6, 6.07) is 30.3. The van der Waals surface area contributed by atoms with Crippen LogP contribution in [0.1, 0.15) is 22.3 Å². The van der Waals surface area contributed by atoms with E-state index in [9.17, 15) is 0 Å². The summed E-state index contributed by atoms with van der Waals surface area (Å²) in [5.74, 6) is 0. The number of hydrogen-bond donors (Lipinski definition) is 0. The summed E-state index contributed by atoms with van der Waals surface area (Å²) in [5.41, 5.74) is 11.3. The molecular weight excluding hydrogens is 472 g/mol. The molecule has 0 amide bonds. The molecule has 0 unspecified atom stereocenters. The molecule has 2 aliphatic rings. The van der Waals surface area contributed by atoms with Crippen LogP contribution in [0.15, 0.2) is 93.9 Å². The molecule has 28 heavy (non-hydrogen) atoms. The Balaban J connectivity index is 0.000000123. The molecule has 0 saturated carbocycles. The molecule has 0 spiro atoms. The number of halogens is 2. The molecule has 136 valence electrons. The van der Waals surface area contributed by atoms with Crippen molar-refractivity contribution in [1.29, 1.82) is 0 Å². The fraction of sp³-hybridized carbons (Fsp3) is 0.0769. The molecule has 0 saturated heterocycles. The van der Waals surface area contributed by atoms with Gasteiger partial charge in [-0.2, -0.15) is 0 Å². The average molecular weight is 490 g/mol. The third kappa shape index (κ3) is 3.25. The fourth-order valence-corrected chi connectivity index (χ4v) is 4.91. The molecule has 0 atom stereocenters. The van der Waals surface area contributed by atoms with E-state index in [1.165, 1.54) is 44.5 Å². The average Bonchev–Trinajstić information content (AvgIpc) is 3.26. The van der Waals surface area contributed by atoms with Crippen LogP contribution in [-0.4, -0.2) is 0 Å². The fourth-order valence-electron chi connectivity index (χ4n) is 4.19. The normalized spacial score (nSPS) is 12.4. The lowest BCUT2D eigenvalue weighted by atomic mass is 10.1. The van der Waals surface area contributed by atoms with Gasteiger partial charge in [-0.1, -0.05) is 92.5 Å². The van der Waals surface area contributed by atoms with Crippen molar-refractivity contribution in [3.05, 3.63) is 116 Å². The first-order valence-electron chi connectivity index (χ1n) is 9.42.